The average Bonchev–Trinajstić information content (AvgIpc) is 2.43. The van der Waals surface area contributed by atoms with Gasteiger partial charge in [0, 0.05) is 18.0 Å². The number of carbonyl (C=O) groups is 1. The van der Waals surface area contributed by atoms with Crippen molar-refractivity contribution in [2.24, 2.45) is 5.73 Å². The fourth-order valence-corrected chi connectivity index (χ4v) is 2.32. The molecule has 2 heterocycles. The molecule has 1 radical (unpaired) electrons. The van der Waals surface area contributed by atoms with Crippen molar-refractivity contribution >= 4 is 11.6 Å². The molecule has 113 valence electrons. The minimum absolute atomic E-state index is 0.0265. The molecular formula is C16H15FN3O2. The highest BCUT2D eigenvalue weighted by atomic mass is 19.1. The predicted molar refractivity (Wildman–Crippen MR) is 79.9 cm³/mol. The number of carbonyl (C=O) groups excluding carboxylic acids is 1. The van der Waals surface area contributed by atoms with Gasteiger partial charge in [0.05, 0.1) is 19.5 Å². The van der Waals surface area contributed by atoms with Crippen molar-refractivity contribution in [3.05, 3.63) is 60.5 Å². The summed E-state index contributed by atoms with van der Waals surface area (Å²) >= 11 is 0. The minimum Gasteiger partial charge on any atom is -0.487 e. The van der Waals surface area contributed by atoms with E-state index in [1.807, 2.05) is 24.3 Å². The van der Waals surface area contributed by atoms with Crippen LogP contribution in [0.4, 0.5) is 10.1 Å². The van der Waals surface area contributed by atoms with Gasteiger partial charge >= 0.3 is 0 Å². The normalized spacial score (nSPS) is 14.5. The van der Waals surface area contributed by atoms with Crippen LogP contribution in [-0.4, -0.2) is 30.1 Å². The van der Waals surface area contributed by atoms with Gasteiger partial charge in [-0.05, 0) is 23.8 Å². The summed E-state index contributed by atoms with van der Waals surface area (Å²) in [6.45, 7) is 1.45. The van der Waals surface area contributed by atoms with E-state index in [1.54, 1.807) is 6.07 Å². The molecule has 0 bridgehead atoms. The zero-order chi connectivity index (χ0) is 15.5. The Balaban J connectivity index is 1.53. The quantitative estimate of drug-likeness (QED) is 0.850. The number of anilines is 1. The Hall–Kier alpha value is -2.63. The molecule has 0 saturated carbocycles. The number of hydrogen-bond donors (Lipinski definition) is 1. The lowest BCUT2D eigenvalue weighted by atomic mass is 10.1. The van der Waals surface area contributed by atoms with Crippen molar-refractivity contribution in [2.75, 3.05) is 18.0 Å². The topological polar surface area (TPSA) is 68.5 Å². The third-order valence-electron chi connectivity index (χ3n) is 3.42. The smallest absolute Gasteiger partial charge is 0.226 e. The molecule has 0 aliphatic carbocycles. The molecule has 1 saturated heterocycles. The molecule has 1 fully saturated rings. The highest BCUT2D eigenvalue weighted by Gasteiger charge is 2.28. The molecule has 0 spiro atoms. The van der Waals surface area contributed by atoms with E-state index >= 15 is 0 Å². The van der Waals surface area contributed by atoms with Gasteiger partial charge in [-0.2, -0.15) is 4.39 Å². The summed E-state index contributed by atoms with van der Waals surface area (Å²) in [6, 6.07) is 10.4. The first-order chi connectivity index (χ1) is 10.6. The molecule has 3 rings (SSSR count). The number of hydrogen-bond acceptors (Lipinski definition) is 4. The lowest BCUT2D eigenvalue weighted by Crippen LogP contribution is -2.54. The summed E-state index contributed by atoms with van der Waals surface area (Å²) in [5.74, 6) is -0.520. The van der Waals surface area contributed by atoms with Gasteiger partial charge in [-0.3, -0.25) is 4.79 Å². The number of halogens is 1. The molecule has 1 aromatic heterocycles. The number of aromatic nitrogens is 1. The highest BCUT2D eigenvalue weighted by molar-refractivity contribution is 5.86. The fourth-order valence-electron chi connectivity index (χ4n) is 2.32. The SMILES string of the molecule is NC(=O)[CH]c1ccc(N2CC(Oc3ccnc(F)c3)C2)cc1. The molecule has 22 heavy (non-hydrogen) atoms. The zero-order valence-electron chi connectivity index (χ0n) is 11.8. The number of nitrogens with zero attached hydrogens (tertiary/aromatic N) is 2. The monoisotopic (exact) mass is 300 g/mol. The maximum Gasteiger partial charge on any atom is 0.226 e. The van der Waals surface area contributed by atoms with E-state index in [0.717, 1.165) is 24.3 Å². The summed E-state index contributed by atoms with van der Waals surface area (Å²) in [7, 11) is 0. The number of benzene rings is 1. The molecule has 2 N–H and O–H groups in total. The predicted octanol–water partition coefficient (Wildman–Crippen LogP) is 1.53. The van der Waals surface area contributed by atoms with Gasteiger partial charge in [-0.25, -0.2) is 4.98 Å². The van der Waals surface area contributed by atoms with Crippen molar-refractivity contribution in [3.63, 3.8) is 0 Å². The van der Waals surface area contributed by atoms with Crippen molar-refractivity contribution in [1.82, 2.24) is 4.98 Å². The lowest BCUT2D eigenvalue weighted by Gasteiger charge is -2.40. The van der Waals surface area contributed by atoms with Crippen LogP contribution in [0.15, 0.2) is 42.6 Å². The van der Waals surface area contributed by atoms with E-state index in [2.05, 4.69) is 9.88 Å². The van der Waals surface area contributed by atoms with Crippen LogP contribution in [0.2, 0.25) is 0 Å². The molecule has 6 heteroatoms. The number of ether oxygens (including phenoxy) is 1. The first-order valence-electron chi connectivity index (χ1n) is 6.87. The van der Waals surface area contributed by atoms with Crippen LogP contribution in [0.5, 0.6) is 5.75 Å². The number of pyridine rings is 1. The third kappa shape index (κ3) is 3.33. The van der Waals surface area contributed by atoms with Crippen molar-refractivity contribution in [1.29, 1.82) is 0 Å². The van der Waals surface area contributed by atoms with Crippen LogP contribution >= 0.6 is 0 Å². The summed E-state index contributed by atoms with van der Waals surface area (Å²) in [5, 5.41) is 0. The number of nitrogens with two attached hydrogens (primary N) is 1. The minimum atomic E-state index is -0.546. The Morgan fingerprint density at radius 1 is 1.32 bits per heavy atom. The first kappa shape index (κ1) is 14.3. The molecular weight excluding hydrogens is 285 g/mol. The van der Waals surface area contributed by atoms with Crippen molar-refractivity contribution < 1.29 is 13.9 Å². The molecule has 1 aliphatic rings. The molecule has 0 atom stereocenters. The first-order valence-corrected chi connectivity index (χ1v) is 6.87. The van der Waals surface area contributed by atoms with Crippen molar-refractivity contribution in [2.45, 2.75) is 6.10 Å². The largest absolute Gasteiger partial charge is 0.487 e. The second kappa shape index (κ2) is 6.01. The zero-order valence-corrected chi connectivity index (χ0v) is 11.8. The van der Waals surface area contributed by atoms with Gasteiger partial charge in [0.25, 0.3) is 0 Å². The fraction of sp³-hybridized carbons (Fsp3) is 0.188. The third-order valence-corrected chi connectivity index (χ3v) is 3.42. The van der Waals surface area contributed by atoms with Gasteiger partial charge < -0.3 is 15.4 Å². The number of primary amides is 1. The molecule has 0 unspecified atom stereocenters. The van der Waals surface area contributed by atoms with Crippen LogP contribution in [0, 0.1) is 12.4 Å². The molecule has 5 nitrogen and oxygen atoms in total. The summed E-state index contributed by atoms with van der Waals surface area (Å²) in [5.41, 5.74) is 6.93. The van der Waals surface area contributed by atoms with E-state index < -0.39 is 11.9 Å². The van der Waals surface area contributed by atoms with Gasteiger partial charge in [0.2, 0.25) is 11.9 Å². The molecule has 1 aliphatic heterocycles. The van der Waals surface area contributed by atoms with E-state index in [9.17, 15) is 9.18 Å². The van der Waals surface area contributed by atoms with Crippen LogP contribution in [0.1, 0.15) is 5.56 Å². The van der Waals surface area contributed by atoms with E-state index in [0.29, 0.717) is 5.75 Å². The van der Waals surface area contributed by atoms with Gasteiger partial charge in [0.15, 0.2) is 0 Å². The Morgan fingerprint density at radius 3 is 2.68 bits per heavy atom. The van der Waals surface area contributed by atoms with E-state index in [-0.39, 0.29) is 6.10 Å². The highest BCUT2D eigenvalue weighted by Crippen LogP contribution is 2.24. The maximum atomic E-state index is 13.0. The van der Waals surface area contributed by atoms with Gasteiger partial charge in [-0.1, -0.05) is 12.1 Å². The van der Waals surface area contributed by atoms with Gasteiger partial charge in [-0.15, -0.1) is 0 Å². The summed E-state index contributed by atoms with van der Waals surface area (Å²) in [6.07, 6.45) is 2.79. The molecule has 2 aromatic rings. The number of rotatable bonds is 5. The van der Waals surface area contributed by atoms with E-state index in [4.69, 9.17) is 10.5 Å². The Labute approximate surface area is 127 Å². The van der Waals surface area contributed by atoms with Crippen LogP contribution in [0.25, 0.3) is 0 Å². The van der Waals surface area contributed by atoms with Crippen LogP contribution in [0.3, 0.4) is 0 Å². The second-order valence-electron chi connectivity index (χ2n) is 5.10. The summed E-state index contributed by atoms with van der Waals surface area (Å²) in [4.78, 5) is 16.4. The Morgan fingerprint density at radius 2 is 2.05 bits per heavy atom. The lowest BCUT2D eigenvalue weighted by molar-refractivity contribution is -0.114. The second-order valence-corrected chi connectivity index (χ2v) is 5.10. The number of amides is 1. The maximum absolute atomic E-state index is 13.0. The average molecular weight is 300 g/mol. The Kier molecular flexibility index (Phi) is 3.91. The van der Waals surface area contributed by atoms with Crippen LogP contribution in [-0.2, 0) is 4.79 Å². The standard InChI is InChI=1S/C16H15FN3O2/c17-15-8-13(5-6-19-15)22-14-9-20(10-14)12-3-1-11(2-4-12)7-16(18)21/h1-8,14H,9-10H2,(H2,18,21). The molecule has 1 amide bonds. The van der Waals surface area contributed by atoms with E-state index in [1.165, 1.54) is 18.7 Å². The van der Waals surface area contributed by atoms with Crippen molar-refractivity contribution in [3.8, 4) is 5.75 Å². The van der Waals surface area contributed by atoms with Crippen LogP contribution < -0.4 is 15.4 Å². The molecule has 1 aromatic carbocycles. The Bertz CT molecular complexity index is 669. The van der Waals surface area contributed by atoms with Gasteiger partial charge in [0.1, 0.15) is 11.9 Å². The summed E-state index contributed by atoms with van der Waals surface area (Å²) < 4.78 is 18.6.